The molecule has 0 amide bonds. The Morgan fingerprint density at radius 1 is 1.38 bits per heavy atom. The molecule has 4 heteroatoms. The molecular formula is C12H20N2O2. The average Bonchev–Trinajstić information content (AvgIpc) is 2.25. The lowest BCUT2D eigenvalue weighted by atomic mass is 10.1. The molecule has 1 aromatic heterocycles. The van der Waals surface area contributed by atoms with E-state index in [0.29, 0.717) is 6.54 Å². The van der Waals surface area contributed by atoms with E-state index in [1.807, 2.05) is 30.9 Å². The number of aliphatic hydroxyl groups excluding tert-OH is 2. The summed E-state index contributed by atoms with van der Waals surface area (Å²) in [5, 5.41) is 18.7. The molecule has 2 N–H and O–H groups in total. The molecule has 0 aliphatic rings. The third-order valence-corrected chi connectivity index (χ3v) is 2.50. The van der Waals surface area contributed by atoms with E-state index in [-0.39, 0.29) is 12.6 Å². The maximum atomic E-state index is 9.67. The molecule has 1 rings (SSSR count). The van der Waals surface area contributed by atoms with Crippen LogP contribution in [0.15, 0.2) is 18.3 Å². The summed E-state index contributed by atoms with van der Waals surface area (Å²) in [5.41, 5.74) is 0.796. The van der Waals surface area contributed by atoms with Crippen molar-refractivity contribution in [2.45, 2.75) is 32.9 Å². The summed E-state index contributed by atoms with van der Waals surface area (Å²) < 4.78 is 0. The second-order valence-electron chi connectivity index (χ2n) is 4.10. The van der Waals surface area contributed by atoms with Crippen LogP contribution in [0.3, 0.4) is 0 Å². The van der Waals surface area contributed by atoms with E-state index in [4.69, 9.17) is 5.11 Å². The molecule has 0 aliphatic heterocycles. The van der Waals surface area contributed by atoms with Crippen LogP contribution in [0.1, 0.15) is 32.4 Å². The number of hydrogen-bond acceptors (Lipinski definition) is 4. The topological polar surface area (TPSA) is 56.6 Å². The summed E-state index contributed by atoms with van der Waals surface area (Å²) >= 11 is 0. The van der Waals surface area contributed by atoms with Crippen molar-refractivity contribution in [3.8, 4) is 0 Å². The van der Waals surface area contributed by atoms with Gasteiger partial charge in [0.25, 0.3) is 0 Å². The van der Waals surface area contributed by atoms with Crippen molar-refractivity contribution in [2.75, 3.05) is 18.1 Å². The first-order valence-electron chi connectivity index (χ1n) is 5.58. The minimum absolute atomic E-state index is 0.0774. The van der Waals surface area contributed by atoms with Crippen molar-refractivity contribution >= 4 is 5.82 Å². The maximum absolute atomic E-state index is 9.67. The molecule has 0 radical (unpaired) electrons. The average molecular weight is 224 g/mol. The lowest BCUT2D eigenvalue weighted by Crippen LogP contribution is -2.35. The molecule has 4 nitrogen and oxygen atoms in total. The number of rotatable bonds is 5. The number of anilines is 1. The van der Waals surface area contributed by atoms with E-state index in [0.717, 1.165) is 11.4 Å². The second kappa shape index (κ2) is 5.82. The van der Waals surface area contributed by atoms with Crippen LogP contribution in [-0.2, 0) is 0 Å². The van der Waals surface area contributed by atoms with Crippen LogP contribution in [0, 0.1) is 0 Å². The van der Waals surface area contributed by atoms with Crippen molar-refractivity contribution in [2.24, 2.45) is 0 Å². The molecule has 0 spiro atoms. The van der Waals surface area contributed by atoms with E-state index in [9.17, 15) is 5.11 Å². The first-order valence-corrected chi connectivity index (χ1v) is 5.58. The molecule has 1 heterocycles. The highest BCUT2D eigenvalue weighted by Crippen LogP contribution is 2.24. The lowest BCUT2D eigenvalue weighted by Gasteiger charge is -2.29. The van der Waals surface area contributed by atoms with Gasteiger partial charge in [-0.15, -0.1) is 0 Å². The number of nitrogens with zero attached hydrogens (tertiary/aromatic N) is 2. The van der Waals surface area contributed by atoms with Crippen LogP contribution in [0.4, 0.5) is 5.82 Å². The molecule has 0 aliphatic carbocycles. The molecule has 0 aromatic carbocycles. The Bertz CT molecular complexity index is 327. The van der Waals surface area contributed by atoms with Crippen LogP contribution in [0.2, 0.25) is 0 Å². The molecule has 16 heavy (non-hydrogen) atoms. The largest absolute Gasteiger partial charge is 0.395 e. The summed E-state index contributed by atoms with van der Waals surface area (Å²) in [7, 11) is 0. The fourth-order valence-corrected chi connectivity index (χ4v) is 1.69. The Hall–Kier alpha value is -1.13. The van der Waals surface area contributed by atoms with Gasteiger partial charge in [-0.25, -0.2) is 4.98 Å². The minimum Gasteiger partial charge on any atom is -0.395 e. The van der Waals surface area contributed by atoms with Crippen molar-refractivity contribution in [3.05, 3.63) is 23.9 Å². The first-order chi connectivity index (χ1) is 7.57. The van der Waals surface area contributed by atoms with Gasteiger partial charge in [-0.3, -0.25) is 0 Å². The summed E-state index contributed by atoms with van der Waals surface area (Å²) in [6.45, 7) is 6.40. The number of hydrogen-bond donors (Lipinski definition) is 2. The van der Waals surface area contributed by atoms with E-state index in [1.165, 1.54) is 0 Å². The molecule has 0 fully saturated rings. The van der Waals surface area contributed by atoms with Gasteiger partial charge in [-0.1, -0.05) is 6.07 Å². The van der Waals surface area contributed by atoms with Gasteiger partial charge in [0, 0.05) is 24.3 Å². The van der Waals surface area contributed by atoms with E-state index in [2.05, 4.69) is 4.98 Å². The van der Waals surface area contributed by atoms with Gasteiger partial charge in [-0.05, 0) is 26.8 Å². The van der Waals surface area contributed by atoms with Gasteiger partial charge >= 0.3 is 0 Å². The molecular weight excluding hydrogens is 204 g/mol. The van der Waals surface area contributed by atoms with Gasteiger partial charge in [-0.2, -0.15) is 0 Å². The highest BCUT2D eigenvalue weighted by atomic mass is 16.3. The molecule has 1 aromatic rings. The Labute approximate surface area is 96.6 Å². The van der Waals surface area contributed by atoms with Crippen molar-refractivity contribution in [1.29, 1.82) is 0 Å². The summed E-state index contributed by atoms with van der Waals surface area (Å²) in [6, 6.07) is 3.91. The van der Waals surface area contributed by atoms with Gasteiger partial charge in [0.15, 0.2) is 0 Å². The van der Waals surface area contributed by atoms with Gasteiger partial charge in [0.05, 0.1) is 12.7 Å². The third-order valence-electron chi connectivity index (χ3n) is 2.50. The number of aliphatic hydroxyl groups is 2. The van der Waals surface area contributed by atoms with Gasteiger partial charge in [0.2, 0.25) is 0 Å². The monoisotopic (exact) mass is 224 g/mol. The number of aromatic nitrogens is 1. The molecule has 0 saturated heterocycles. The maximum Gasteiger partial charge on any atom is 0.134 e. The van der Waals surface area contributed by atoms with Crippen LogP contribution < -0.4 is 4.90 Å². The molecule has 0 saturated carbocycles. The fourth-order valence-electron chi connectivity index (χ4n) is 1.69. The Balaban J connectivity index is 3.07. The van der Waals surface area contributed by atoms with Crippen LogP contribution in [0.5, 0.6) is 0 Å². The molecule has 0 unspecified atom stereocenters. The van der Waals surface area contributed by atoms with Crippen LogP contribution in [0.25, 0.3) is 0 Å². The third kappa shape index (κ3) is 2.93. The zero-order valence-electron chi connectivity index (χ0n) is 10.1. The van der Waals surface area contributed by atoms with E-state index in [1.54, 1.807) is 13.1 Å². The zero-order valence-corrected chi connectivity index (χ0v) is 10.1. The van der Waals surface area contributed by atoms with Gasteiger partial charge < -0.3 is 15.1 Å². The molecule has 90 valence electrons. The second-order valence-corrected chi connectivity index (χ2v) is 4.10. The Morgan fingerprint density at radius 3 is 2.56 bits per heavy atom. The minimum atomic E-state index is -0.552. The highest BCUT2D eigenvalue weighted by molar-refractivity contribution is 5.48. The van der Waals surface area contributed by atoms with Crippen LogP contribution in [-0.4, -0.2) is 34.4 Å². The van der Waals surface area contributed by atoms with E-state index >= 15 is 0 Å². The SMILES string of the molecule is CC(C)N(CCO)c1ncccc1[C@@H](C)O. The van der Waals surface area contributed by atoms with Gasteiger partial charge in [0.1, 0.15) is 5.82 Å². The predicted molar refractivity (Wildman–Crippen MR) is 64.4 cm³/mol. The zero-order chi connectivity index (χ0) is 12.1. The van der Waals surface area contributed by atoms with Crippen molar-refractivity contribution < 1.29 is 10.2 Å². The molecule has 1 atom stereocenters. The normalized spacial score (nSPS) is 12.9. The standard InChI is InChI=1S/C12H20N2O2/c1-9(2)14(7-8-15)12-11(10(3)16)5-4-6-13-12/h4-6,9-10,15-16H,7-8H2,1-3H3/t10-/m1/s1. The molecule has 0 bridgehead atoms. The highest BCUT2D eigenvalue weighted by Gasteiger charge is 2.17. The lowest BCUT2D eigenvalue weighted by molar-refractivity contribution is 0.199. The van der Waals surface area contributed by atoms with Crippen molar-refractivity contribution in [1.82, 2.24) is 4.98 Å². The van der Waals surface area contributed by atoms with Crippen LogP contribution >= 0.6 is 0 Å². The smallest absolute Gasteiger partial charge is 0.134 e. The Kier molecular flexibility index (Phi) is 4.71. The summed E-state index contributed by atoms with van der Waals surface area (Å²) in [4.78, 5) is 6.28. The fraction of sp³-hybridized carbons (Fsp3) is 0.583. The summed E-state index contributed by atoms with van der Waals surface area (Å²) in [5.74, 6) is 0.751. The van der Waals surface area contributed by atoms with E-state index < -0.39 is 6.10 Å². The van der Waals surface area contributed by atoms with Crippen molar-refractivity contribution in [3.63, 3.8) is 0 Å². The quantitative estimate of drug-likeness (QED) is 0.792. The summed E-state index contributed by atoms with van der Waals surface area (Å²) in [6.07, 6.45) is 1.15. The first kappa shape index (κ1) is 12.9. The number of pyridine rings is 1. The Morgan fingerprint density at radius 2 is 2.06 bits per heavy atom. The predicted octanol–water partition coefficient (Wildman–Crippen LogP) is 1.34.